The molecule has 0 radical (unpaired) electrons. The fraction of sp³-hybridized carbons (Fsp3) is 0.320. The Kier molecular flexibility index (Phi) is 7.97. The van der Waals surface area contributed by atoms with Gasteiger partial charge in [-0.1, -0.05) is 73.7 Å². The number of fused-ring (bicyclic) bond motifs is 1. The topological polar surface area (TPSA) is 50.9 Å². The van der Waals surface area contributed by atoms with Crippen molar-refractivity contribution < 1.29 is 0 Å². The van der Waals surface area contributed by atoms with Gasteiger partial charge in [0.25, 0.3) is 0 Å². The summed E-state index contributed by atoms with van der Waals surface area (Å²) in [5.41, 5.74) is 10.0. The number of rotatable bonds is 4. The molecule has 1 aromatic carbocycles. The lowest BCUT2D eigenvalue weighted by molar-refractivity contribution is 0.583. The average Bonchev–Trinajstić information content (AvgIpc) is 3.39. The smallest absolute Gasteiger partial charge is 0.131 e. The molecule has 3 nitrogen and oxygen atoms in total. The summed E-state index contributed by atoms with van der Waals surface area (Å²) in [5, 5.41) is 8.25. The van der Waals surface area contributed by atoms with Crippen LogP contribution in [0.15, 0.2) is 59.3 Å². The third-order valence-electron chi connectivity index (χ3n) is 5.51. The van der Waals surface area contributed by atoms with E-state index in [1.54, 1.807) is 22.7 Å². The Labute approximate surface area is 197 Å². The molecule has 1 saturated carbocycles. The molecule has 0 bridgehead atoms. The third kappa shape index (κ3) is 6.07. The third-order valence-corrected chi connectivity index (χ3v) is 7.58. The van der Waals surface area contributed by atoms with E-state index in [0.717, 1.165) is 33.6 Å². The molecule has 4 aromatic rings. The van der Waals surface area contributed by atoms with Crippen LogP contribution in [0.25, 0.3) is 21.3 Å². The summed E-state index contributed by atoms with van der Waals surface area (Å²) < 4.78 is 1.14. The van der Waals surface area contributed by atoms with Crippen LogP contribution >= 0.6 is 34.3 Å². The van der Waals surface area contributed by atoms with Crippen LogP contribution in [-0.2, 0) is 6.54 Å². The van der Waals surface area contributed by atoms with Gasteiger partial charge in [0.15, 0.2) is 0 Å². The lowest BCUT2D eigenvalue weighted by Crippen LogP contribution is -2.17. The van der Waals surface area contributed by atoms with Crippen molar-refractivity contribution in [3.8, 4) is 11.1 Å². The van der Waals surface area contributed by atoms with Crippen LogP contribution < -0.4 is 11.1 Å². The Balaban J connectivity index is 0.000000245. The van der Waals surface area contributed by atoms with E-state index in [1.165, 1.54) is 43.4 Å². The summed E-state index contributed by atoms with van der Waals surface area (Å²) in [6.45, 7) is 0.797. The van der Waals surface area contributed by atoms with Gasteiger partial charge >= 0.3 is 0 Å². The second-order valence-corrected chi connectivity index (χ2v) is 10.2. The Morgan fingerprint density at radius 1 is 1.00 bits per heavy atom. The number of hydrogen-bond acceptors (Lipinski definition) is 5. The first-order valence-electron chi connectivity index (χ1n) is 10.9. The zero-order valence-corrected chi connectivity index (χ0v) is 19.9. The highest BCUT2D eigenvalue weighted by Crippen LogP contribution is 2.38. The number of nitrogens with one attached hydrogen (secondary N) is 1. The predicted octanol–water partition coefficient (Wildman–Crippen LogP) is 7.96. The van der Waals surface area contributed by atoms with Crippen molar-refractivity contribution in [3.63, 3.8) is 0 Å². The molecule has 3 aromatic heterocycles. The molecule has 31 heavy (non-hydrogen) atoms. The summed E-state index contributed by atoms with van der Waals surface area (Å²) >= 11 is 9.70. The SMILES string of the molecule is Clc1cc(NCc2cccs2)c2scc(-c3ccccc3)c2n1.NC1CCCCCC1. The zero-order chi connectivity index (χ0) is 21.5. The molecule has 3 N–H and O–H groups in total. The molecule has 0 unspecified atom stereocenters. The van der Waals surface area contributed by atoms with Gasteiger partial charge in [-0.05, 0) is 29.9 Å². The van der Waals surface area contributed by atoms with E-state index < -0.39 is 0 Å². The second kappa shape index (κ2) is 11.1. The molecular formula is C25H28ClN3S2. The maximum atomic E-state index is 6.26. The van der Waals surface area contributed by atoms with Crippen LogP contribution in [0.2, 0.25) is 5.15 Å². The molecule has 6 heteroatoms. The van der Waals surface area contributed by atoms with Crippen molar-refractivity contribution in [2.45, 2.75) is 51.1 Å². The number of nitrogens with zero attached hydrogens (tertiary/aromatic N) is 1. The molecular weight excluding hydrogens is 442 g/mol. The largest absolute Gasteiger partial charge is 0.379 e. The highest BCUT2D eigenvalue weighted by atomic mass is 35.5. The van der Waals surface area contributed by atoms with Gasteiger partial charge in [-0.3, -0.25) is 0 Å². The molecule has 1 fully saturated rings. The average molecular weight is 470 g/mol. The van der Waals surface area contributed by atoms with E-state index in [0.29, 0.717) is 11.2 Å². The van der Waals surface area contributed by atoms with Crippen LogP contribution in [-0.4, -0.2) is 11.0 Å². The quantitative estimate of drug-likeness (QED) is 0.235. The molecule has 162 valence electrons. The highest BCUT2D eigenvalue weighted by Gasteiger charge is 2.13. The van der Waals surface area contributed by atoms with Gasteiger partial charge in [0.05, 0.1) is 15.9 Å². The van der Waals surface area contributed by atoms with Crippen LogP contribution in [0.4, 0.5) is 5.69 Å². The Hall–Kier alpha value is -1.92. The number of benzene rings is 1. The summed E-state index contributed by atoms with van der Waals surface area (Å²) in [4.78, 5) is 5.85. The Morgan fingerprint density at radius 3 is 2.48 bits per heavy atom. The fourth-order valence-corrected chi connectivity index (χ4v) is 5.68. The van der Waals surface area contributed by atoms with Gasteiger partial charge in [0, 0.05) is 34.5 Å². The summed E-state index contributed by atoms with van der Waals surface area (Å²) in [5.74, 6) is 0. The molecule has 0 atom stereocenters. The summed E-state index contributed by atoms with van der Waals surface area (Å²) in [7, 11) is 0. The molecule has 5 rings (SSSR count). The summed E-state index contributed by atoms with van der Waals surface area (Å²) in [6.07, 6.45) is 8.07. The molecule has 3 heterocycles. The highest BCUT2D eigenvalue weighted by molar-refractivity contribution is 7.18. The van der Waals surface area contributed by atoms with Crippen LogP contribution in [0, 0.1) is 0 Å². The van der Waals surface area contributed by atoms with Crippen LogP contribution in [0.1, 0.15) is 43.4 Å². The second-order valence-electron chi connectivity index (χ2n) is 7.87. The van der Waals surface area contributed by atoms with Gasteiger partial charge in [0.1, 0.15) is 5.15 Å². The standard InChI is InChI=1S/C18H13ClN2S2.C7H15N/c19-16-9-15(20-10-13-7-4-8-22-13)18-17(21-16)14(11-23-18)12-5-2-1-3-6-12;8-7-5-3-1-2-4-6-7/h1-9,11H,10H2,(H,20,21);7H,1-6,8H2. The van der Waals surface area contributed by atoms with Gasteiger partial charge in [-0.15, -0.1) is 22.7 Å². The summed E-state index contributed by atoms with van der Waals surface area (Å²) in [6, 6.07) is 16.9. The van der Waals surface area contributed by atoms with Crippen molar-refractivity contribution in [2.24, 2.45) is 5.73 Å². The molecule has 1 aliphatic rings. The van der Waals surface area contributed by atoms with Gasteiger partial charge < -0.3 is 11.1 Å². The Bertz CT molecular complexity index is 1070. The number of pyridine rings is 1. The number of nitrogens with two attached hydrogens (primary N) is 1. The van der Waals surface area contributed by atoms with E-state index in [9.17, 15) is 0 Å². The molecule has 0 saturated heterocycles. The maximum absolute atomic E-state index is 6.26. The predicted molar refractivity (Wildman–Crippen MR) is 137 cm³/mol. The van der Waals surface area contributed by atoms with Crippen molar-refractivity contribution in [2.75, 3.05) is 5.32 Å². The number of anilines is 1. The first-order chi connectivity index (χ1) is 15.2. The van der Waals surface area contributed by atoms with E-state index >= 15 is 0 Å². The van der Waals surface area contributed by atoms with Crippen molar-refractivity contribution in [3.05, 3.63) is 69.3 Å². The van der Waals surface area contributed by atoms with Crippen molar-refractivity contribution in [1.82, 2.24) is 4.98 Å². The van der Waals surface area contributed by atoms with Crippen LogP contribution in [0.5, 0.6) is 0 Å². The van der Waals surface area contributed by atoms with E-state index in [2.05, 4.69) is 45.3 Å². The Morgan fingerprint density at radius 2 is 1.77 bits per heavy atom. The van der Waals surface area contributed by atoms with E-state index in [1.807, 2.05) is 24.3 Å². The molecule has 0 amide bonds. The zero-order valence-electron chi connectivity index (χ0n) is 17.5. The monoisotopic (exact) mass is 469 g/mol. The maximum Gasteiger partial charge on any atom is 0.131 e. The molecule has 1 aliphatic carbocycles. The molecule has 0 spiro atoms. The van der Waals surface area contributed by atoms with Gasteiger partial charge in [-0.25, -0.2) is 4.98 Å². The number of thiophene rings is 2. The number of hydrogen-bond donors (Lipinski definition) is 2. The van der Waals surface area contributed by atoms with Crippen molar-refractivity contribution >= 4 is 50.2 Å². The van der Waals surface area contributed by atoms with Crippen molar-refractivity contribution in [1.29, 1.82) is 0 Å². The minimum atomic E-state index is 0.516. The lowest BCUT2D eigenvalue weighted by atomic mass is 10.1. The molecule has 0 aliphatic heterocycles. The minimum Gasteiger partial charge on any atom is -0.379 e. The van der Waals surface area contributed by atoms with Gasteiger partial charge in [-0.2, -0.15) is 0 Å². The number of halogens is 1. The first kappa shape index (κ1) is 22.3. The normalized spacial score (nSPS) is 14.6. The number of aromatic nitrogens is 1. The fourth-order valence-electron chi connectivity index (χ4n) is 3.84. The first-order valence-corrected chi connectivity index (χ1v) is 13.0. The van der Waals surface area contributed by atoms with E-state index in [4.69, 9.17) is 17.3 Å². The van der Waals surface area contributed by atoms with E-state index in [-0.39, 0.29) is 0 Å². The van der Waals surface area contributed by atoms with Crippen LogP contribution in [0.3, 0.4) is 0 Å². The van der Waals surface area contributed by atoms with Gasteiger partial charge in [0.2, 0.25) is 0 Å². The lowest BCUT2D eigenvalue weighted by Gasteiger charge is -2.07. The minimum absolute atomic E-state index is 0.516.